The minimum Gasteiger partial charge on any atom is -0.376 e. The van der Waals surface area contributed by atoms with E-state index in [0.717, 1.165) is 0 Å². The van der Waals surface area contributed by atoms with Crippen LogP contribution in [0.5, 0.6) is 0 Å². The maximum absolute atomic E-state index is 9.99. The Balaban J connectivity index is 0. The van der Waals surface area contributed by atoms with Crippen LogP contribution in [-0.4, -0.2) is 69.2 Å². The summed E-state index contributed by atoms with van der Waals surface area (Å²) in [6.07, 6.45) is 0. The normalized spacial score (nSPS) is 8.75. The molecular formula is C6H16N4O6. The van der Waals surface area contributed by atoms with Crippen molar-refractivity contribution in [1.29, 1.82) is 0 Å². The molecule has 0 fully saturated rings. The zero-order chi connectivity index (χ0) is 13.1. The minimum atomic E-state index is -0.838. The first-order valence-electron chi connectivity index (χ1n) is 3.96. The lowest BCUT2D eigenvalue weighted by Gasteiger charge is -2.11. The number of primary amides is 2. The van der Waals surface area contributed by atoms with E-state index in [4.69, 9.17) is 20.4 Å². The van der Waals surface area contributed by atoms with Gasteiger partial charge in [-0.25, -0.2) is 9.59 Å². The molecule has 0 atom stereocenters. The van der Waals surface area contributed by atoms with E-state index in [1.807, 2.05) is 0 Å². The molecule has 0 aliphatic rings. The van der Waals surface area contributed by atoms with Gasteiger partial charge in [0.1, 0.15) is 26.9 Å². The van der Waals surface area contributed by atoms with Crippen LogP contribution in [0.3, 0.4) is 0 Å². The highest BCUT2D eigenvalue weighted by Gasteiger charge is 2.03. The highest BCUT2D eigenvalue weighted by molar-refractivity contribution is 5.71. The Labute approximate surface area is 91.3 Å². The highest BCUT2D eigenvalue weighted by atomic mass is 16.3. The van der Waals surface area contributed by atoms with Crippen LogP contribution in [0.15, 0.2) is 0 Å². The largest absolute Gasteiger partial charge is 0.376 e. The molecule has 0 rings (SSSR count). The number of amides is 4. The van der Waals surface area contributed by atoms with E-state index in [1.54, 1.807) is 0 Å². The lowest BCUT2D eigenvalue weighted by molar-refractivity contribution is 0.0599. The maximum atomic E-state index is 9.99. The predicted octanol–water partition coefficient (Wildman–Crippen LogP) is -3.47. The van der Waals surface area contributed by atoms with Crippen molar-refractivity contribution in [3.63, 3.8) is 0 Å². The van der Waals surface area contributed by atoms with Crippen LogP contribution in [0.2, 0.25) is 0 Å². The van der Waals surface area contributed by atoms with Crippen LogP contribution in [0.4, 0.5) is 9.59 Å². The average molecular weight is 240 g/mol. The third kappa shape index (κ3) is 7.75. The molecule has 4 amide bonds. The van der Waals surface area contributed by atoms with Crippen molar-refractivity contribution in [1.82, 2.24) is 9.80 Å². The second-order valence-electron chi connectivity index (χ2n) is 2.32. The quantitative estimate of drug-likeness (QED) is 0.278. The molecule has 0 aliphatic heterocycles. The van der Waals surface area contributed by atoms with E-state index < -0.39 is 39.0 Å². The number of nitrogens with two attached hydrogens (primary N) is 2. The average Bonchev–Trinajstić information content (AvgIpc) is 2.21. The number of carbonyl (C=O) groups is 2. The summed E-state index contributed by atoms with van der Waals surface area (Å²) in [6.45, 7) is -2.20. The van der Waals surface area contributed by atoms with Crippen molar-refractivity contribution in [2.45, 2.75) is 0 Å². The van der Waals surface area contributed by atoms with E-state index >= 15 is 0 Å². The second-order valence-corrected chi connectivity index (χ2v) is 2.32. The van der Waals surface area contributed by atoms with Gasteiger partial charge < -0.3 is 31.9 Å². The fraction of sp³-hybridized carbons (Fsp3) is 0.667. The number of hydrogen-bond donors (Lipinski definition) is 6. The molecule has 0 unspecified atom stereocenters. The number of rotatable bonds is 4. The molecule has 0 radical (unpaired) electrons. The number of hydrogen-bond acceptors (Lipinski definition) is 6. The minimum absolute atomic E-state index is 0.550. The molecule has 0 saturated carbocycles. The van der Waals surface area contributed by atoms with Crippen molar-refractivity contribution in [3.8, 4) is 0 Å². The Morgan fingerprint density at radius 1 is 0.750 bits per heavy atom. The van der Waals surface area contributed by atoms with Crippen molar-refractivity contribution < 1.29 is 30.0 Å². The number of aliphatic hydroxyl groups excluding tert-OH is 4. The Morgan fingerprint density at radius 2 is 0.938 bits per heavy atom. The second kappa shape index (κ2) is 9.92. The van der Waals surface area contributed by atoms with Gasteiger partial charge in [-0.1, -0.05) is 0 Å². The first kappa shape index (κ1) is 16.8. The Kier molecular flexibility index (Phi) is 10.4. The molecule has 96 valence electrons. The molecule has 0 saturated heterocycles. The van der Waals surface area contributed by atoms with Crippen LogP contribution in [0.25, 0.3) is 0 Å². The Hall–Kier alpha value is -1.62. The highest BCUT2D eigenvalue weighted by Crippen LogP contribution is 1.79. The molecule has 10 nitrogen and oxygen atoms in total. The standard InChI is InChI=1S/2C3H8N2O3/c2*4-3(8)5(1-6)2-7/h2*6-7H,1-2H2,(H2,4,8). The molecule has 0 heterocycles. The van der Waals surface area contributed by atoms with Crippen molar-refractivity contribution in [2.75, 3.05) is 26.9 Å². The first-order valence-corrected chi connectivity index (χ1v) is 3.96. The smallest absolute Gasteiger partial charge is 0.318 e. The van der Waals surface area contributed by atoms with E-state index in [0.29, 0.717) is 9.80 Å². The molecule has 0 aromatic rings. The van der Waals surface area contributed by atoms with Gasteiger partial charge in [0.2, 0.25) is 0 Å². The van der Waals surface area contributed by atoms with Gasteiger partial charge in [-0.2, -0.15) is 0 Å². The third-order valence-corrected chi connectivity index (χ3v) is 1.31. The number of carbonyl (C=O) groups excluding carboxylic acids is 2. The topological polar surface area (TPSA) is 174 Å². The monoisotopic (exact) mass is 240 g/mol. The van der Waals surface area contributed by atoms with Crippen LogP contribution in [0.1, 0.15) is 0 Å². The van der Waals surface area contributed by atoms with Gasteiger partial charge in [0.15, 0.2) is 0 Å². The summed E-state index contributed by atoms with van der Waals surface area (Å²) < 4.78 is 0. The summed E-state index contributed by atoms with van der Waals surface area (Å²) in [5.41, 5.74) is 9.25. The SMILES string of the molecule is NC(=O)N(CO)CO.NC(=O)N(CO)CO. The summed E-state index contributed by atoms with van der Waals surface area (Å²) in [5.74, 6) is 0. The maximum Gasteiger partial charge on any atom is 0.318 e. The van der Waals surface area contributed by atoms with Gasteiger partial charge in [0.25, 0.3) is 0 Å². The fourth-order valence-electron chi connectivity index (χ4n) is 0.368. The third-order valence-electron chi connectivity index (χ3n) is 1.31. The van der Waals surface area contributed by atoms with Crippen molar-refractivity contribution >= 4 is 12.1 Å². The summed E-state index contributed by atoms with van der Waals surface area (Å²) in [4.78, 5) is 21.3. The first-order chi connectivity index (χ1) is 7.44. The molecule has 0 spiro atoms. The summed E-state index contributed by atoms with van der Waals surface area (Å²) >= 11 is 0. The zero-order valence-corrected chi connectivity index (χ0v) is 8.48. The van der Waals surface area contributed by atoms with Crippen LogP contribution in [-0.2, 0) is 0 Å². The molecule has 0 aromatic carbocycles. The van der Waals surface area contributed by atoms with Gasteiger partial charge >= 0.3 is 12.1 Å². The molecule has 0 bridgehead atoms. The lowest BCUT2D eigenvalue weighted by Crippen LogP contribution is -2.36. The van der Waals surface area contributed by atoms with E-state index in [-0.39, 0.29) is 0 Å². The molecular weight excluding hydrogens is 224 g/mol. The molecule has 8 N–H and O–H groups in total. The van der Waals surface area contributed by atoms with Crippen LogP contribution < -0.4 is 11.5 Å². The lowest BCUT2D eigenvalue weighted by atomic mass is 10.8. The molecule has 0 aliphatic carbocycles. The fourth-order valence-corrected chi connectivity index (χ4v) is 0.368. The summed E-state index contributed by atoms with van der Waals surface area (Å²) in [6, 6.07) is -1.68. The number of urea groups is 2. The van der Waals surface area contributed by atoms with Crippen molar-refractivity contribution in [2.24, 2.45) is 11.5 Å². The van der Waals surface area contributed by atoms with Crippen molar-refractivity contribution in [3.05, 3.63) is 0 Å². The summed E-state index contributed by atoms with van der Waals surface area (Å²) in [7, 11) is 0. The zero-order valence-electron chi connectivity index (χ0n) is 8.48. The van der Waals surface area contributed by atoms with Gasteiger partial charge in [-0.3, -0.25) is 9.80 Å². The molecule has 10 heteroatoms. The van der Waals surface area contributed by atoms with E-state index in [1.165, 1.54) is 0 Å². The van der Waals surface area contributed by atoms with E-state index in [2.05, 4.69) is 11.5 Å². The summed E-state index contributed by atoms with van der Waals surface area (Å²) in [5, 5.41) is 32.6. The Morgan fingerprint density at radius 3 is 0.938 bits per heavy atom. The van der Waals surface area contributed by atoms with Gasteiger partial charge in [0.05, 0.1) is 0 Å². The van der Waals surface area contributed by atoms with Gasteiger partial charge in [-0.15, -0.1) is 0 Å². The molecule has 0 aromatic heterocycles. The van der Waals surface area contributed by atoms with Gasteiger partial charge in [0, 0.05) is 0 Å². The van der Waals surface area contributed by atoms with Crippen LogP contribution in [0, 0.1) is 0 Å². The number of nitrogens with zero attached hydrogens (tertiary/aromatic N) is 2. The Bertz CT molecular complexity index is 183. The van der Waals surface area contributed by atoms with E-state index in [9.17, 15) is 9.59 Å². The van der Waals surface area contributed by atoms with Gasteiger partial charge in [-0.05, 0) is 0 Å². The number of aliphatic hydroxyl groups is 4. The van der Waals surface area contributed by atoms with Crippen LogP contribution >= 0.6 is 0 Å². The predicted molar refractivity (Wildman–Crippen MR) is 51.2 cm³/mol. The molecule has 16 heavy (non-hydrogen) atoms.